The second kappa shape index (κ2) is 6.51. The van der Waals surface area contributed by atoms with Gasteiger partial charge < -0.3 is 14.7 Å². The van der Waals surface area contributed by atoms with Gasteiger partial charge in [-0.05, 0) is 24.3 Å². The Bertz CT molecular complexity index is 921. The topological polar surface area (TPSA) is 84.2 Å². The Morgan fingerprint density at radius 3 is 2.54 bits per heavy atom. The second-order valence-electron chi connectivity index (χ2n) is 5.88. The van der Waals surface area contributed by atoms with Crippen LogP contribution in [0.4, 0.5) is 19.3 Å². The number of aromatic nitrogens is 3. The van der Waals surface area contributed by atoms with Crippen molar-refractivity contribution < 1.29 is 18.1 Å². The van der Waals surface area contributed by atoms with Crippen LogP contribution >= 0.6 is 0 Å². The van der Waals surface area contributed by atoms with Crippen LogP contribution in [-0.2, 0) is 0 Å². The fourth-order valence-electron chi connectivity index (χ4n) is 2.65. The van der Waals surface area contributed by atoms with Gasteiger partial charge in [-0.3, -0.25) is 4.98 Å². The summed E-state index contributed by atoms with van der Waals surface area (Å²) in [5.74, 6) is -0.656. The monoisotopic (exact) mass is 357 g/mol. The first-order chi connectivity index (χ1) is 12.6. The summed E-state index contributed by atoms with van der Waals surface area (Å²) >= 11 is 0. The van der Waals surface area contributed by atoms with Crippen molar-refractivity contribution in [2.45, 2.75) is 5.92 Å². The Morgan fingerprint density at radius 1 is 1.15 bits per heavy atom. The summed E-state index contributed by atoms with van der Waals surface area (Å²) in [6, 6.07) is 5.93. The number of halogens is 2. The van der Waals surface area contributed by atoms with Crippen LogP contribution in [0.1, 0.15) is 11.7 Å². The summed E-state index contributed by atoms with van der Waals surface area (Å²) < 4.78 is 31.6. The van der Waals surface area contributed by atoms with E-state index < -0.39 is 17.7 Å². The maximum Gasteiger partial charge on any atom is 0.321 e. The van der Waals surface area contributed by atoms with Crippen molar-refractivity contribution in [1.29, 1.82) is 0 Å². The number of anilines is 1. The van der Waals surface area contributed by atoms with Crippen LogP contribution < -0.4 is 5.32 Å². The average Bonchev–Trinajstić information content (AvgIpc) is 3.03. The zero-order chi connectivity index (χ0) is 18.1. The van der Waals surface area contributed by atoms with E-state index in [1.165, 1.54) is 4.90 Å². The lowest BCUT2D eigenvalue weighted by atomic mass is 10.0. The van der Waals surface area contributed by atoms with Gasteiger partial charge >= 0.3 is 6.03 Å². The Labute approximate surface area is 146 Å². The minimum atomic E-state index is -0.753. The van der Waals surface area contributed by atoms with E-state index in [4.69, 9.17) is 4.52 Å². The third kappa shape index (κ3) is 3.23. The number of amides is 2. The Balaban J connectivity index is 1.36. The van der Waals surface area contributed by atoms with Crippen molar-refractivity contribution in [2.75, 3.05) is 18.4 Å². The summed E-state index contributed by atoms with van der Waals surface area (Å²) in [4.78, 5) is 21.9. The molecule has 1 N–H and O–H groups in total. The molecular weight excluding hydrogens is 344 g/mol. The van der Waals surface area contributed by atoms with Gasteiger partial charge in [0, 0.05) is 42.8 Å². The molecular formula is C17H13F2N5O2. The first-order valence-corrected chi connectivity index (χ1v) is 7.84. The smallest absolute Gasteiger partial charge is 0.321 e. The van der Waals surface area contributed by atoms with E-state index in [1.807, 2.05) is 0 Å². The molecule has 26 heavy (non-hydrogen) atoms. The number of carbonyl (C=O) groups is 1. The zero-order valence-corrected chi connectivity index (χ0v) is 13.4. The van der Waals surface area contributed by atoms with E-state index in [2.05, 4.69) is 20.4 Å². The highest BCUT2D eigenvalue weighted by Crippen LogP contribution is 2.27. The summed E-state index contributed by atoms with van der Waals surface area (Å²) in [5.41, 5.74) is 0.830. The van der Waals surface area contributed by atoms with Gasteiger partial charge in [-0.15, -0.1) is 0 Å². The number of likely N-dealkylation sites (tertiary alicyclic amines) is 1. The molecule has 1 aliphatic rings. The minimum Gasteiger partial charge on any atom is -0.334 e. The number of urea groups is 1. The number of benzene rings is 1. The second-order valence-corrected chi connectivity index (χ2v) is 5.88. The van der Waals surface area contributed by atoms with Crippen molar-refractivity contribution >= 4 is 11.7 Å². The molecule has 0 unspecified atom stereocenters. The molecule has 0 saturated carbocycles. The molecule has 132 valence electrons. The van der Waals surface area contributed by atoms with Gasteiger partial charge in [0.25, 0.3) is 5.89 Å². The number of nitrogens with zero attached hydrogens (tertiary/aromatic N) is 4. The highest BCUT2D eigenvalue weighted by Gasteiger charge is 2.35. The Morgan fingerprint density at radius 2 is 1.85 bits per heavy atom. The van der Waals surface area contributed by atoms with Crippen LogP contribution in [0.25, 0.3) is 11.5 Å². The van der Waals surface area contributed by atoms with Crippen LogP contribution in [0.2, 0.25) is 0 Å². The molecule has 0 spiro atoms. The molecule has 2 amide bonds. The van der Waals surface area contributed by atoms with Gasteiger partial charge in [0.2, 0.25) is 0 Å². The molecule has 0 bridgehead atoms. The van der Waals surface area contributed by atoms with Gasteiger partial charge in [0.1, 0.15) is 11.6 Å². The van der Waals surface area contributed by atoms with Crippen LogP contribution in [-0.4, -0.2) is 39.1 Å². The van der Waals surface area contributed by atoms with Crippen LogP contribution in [0, 0.1) is 11.6 Å². The number of pyridine rings is 1. The molecule has 1 aromatic carbocycles. The molecule has 7 nitrogen and oxygen atoms in total. The van der Waals surface area contributed by atoms with Gasteiger partial charge in [0.15, 0.2) is 5.82 Å². The predicted molar refractivity (Wildman–Crippen MR) is 87.2 cm³/mol. The molecule has 0 radical (unpaired) electrons. The number of rotatable bonds is 3. The van der Waals surface area contributed by atoms with Crippen LogP contribution in [0.5, 0.6) is 0 Å². The quantitative estimate of drug-likeness (QED) is 0.779. The van der Waals surface area contributed by atoms with Crippen LogP contribution in [0.15, 0.2) is 47.2 Å². The largest absolute Gasteiger partial charge is 0.334 e. The third-order valence-corrected chi connectivity index (χ3v) is 4.02. The summed E-state index contributed by atoms with van der Waals surface area (Å²) in [6.45, 7) is 0.776. The normalized spacial score (nSPS) is 14.2. The van der Waals surface area contributed by atoms with Gasteiger partial charge in [0.05, 0.1) is 5.92 Å². The molecule has 1 aliphatic heterocycles. The lowest BCUT2D eigenvalue weighted by Crippen LogP contribution is -2.50. The average molecular weight is 357 g/mol. The molecule has 0 aliphatic carbocycles. The number of nitrogens with one attached hydrogen (secondary N) is 1. The van der Waals surface area contributed by atoms with E-state index in [-0.39, 0.29) is 11.6 Å². The lowest BCUT2D eigenvalue weighted by molar-refractivity contribution is 0.159. The van der Waals surface area contributed by atoms with Crippen molar-refractivity contribution in [3.05, 3.63) is 60.2 Å². The van der Waals surface area contributed by atoms with Gasteiger partial charge in [-0.2, -0.15) is 4.98 Å². The van der Waals surface area contributed by atoms with E-state index in [1.54, 1.807) is 24.5 Å². The van der Waals surface area contributed by atoms with E-state index in [0.717, 1.165) is 23.8 Å². The molecule has 9 heteroatoms. The predicted octanol–water partition coefficient (Wildman–Crippen LogP) is 3.04. The van der Waals surface area contributed by atoms with Crippen LogP contribution in [0.3, 0.4) is 0 Å². The van der Waals surface area contributed by atoms with Crippen molar-refractivity contribution in [3.8, 4) is 11.5 Å². The number of hydrogen-bond acceptors (Lipinski definition) is 5. The molecule has 4 rings (SSSR count). The van der Waals surface area contributed by atoms with Crippen molar-refractivity contribution in [2.24, 2.45) is 0 Å². The molecule has 3 aromatic rings. The number of hydrogen-bond donors (Lipinski definition) is 1. The number of carbonyl (C=O) groups excluding carboxylic acids is 1. The maximum atomic E-state index is 13.2. The highest BCUT2D eigenvalue weighted by molar-refractivity contribution is 5.90. The minimum absolute atomic E-state index is 0.0515. The molecule has 3 heterocycles. The van der Waals surface area contributed by atoms with E-state index in [9.17, 15) is 13.6 Å². The van der Waals surface area contributed by atoms with E-state index >= 15 is 0 Å². The summed E-state index contributed by atoms with van der Waals surface area (Å²) in [7, 11) is 0. The third-order valence-electron chi connectivity index (χ3n) is 4.02. The fourth-order valence-corrected chi connectivity index (χ4v) is 2.65. The molecule has 0 atom stereocenters. The fraction of sp³-hybridized carbons (Fsp3) is 0.176. The molecule has 1 fully saturated rings. The van der Waals surface area contributed by atoms with E-state index in [0.29, 0.717) is 24.8 Å². The summed E-state index contributed by atoms with van der Waals surface area (Å²) in [6.07, 6.45) is 3.26. The lowest BCUT2D eigenvalue weighted by Gasteiger charge is -2.37. The van der Waals surface area contributed by atoms with Gasteiger partial charge in [-0.1, -0.05) is 5.16 Å². The maximum absolute atomic E-state index is 13.2. The highest BCUT2D eigenvalue weighted by atomic mass is 19.1. The van der Waals surface area contributed by atoms with Crippen molar-refractivity contribution in [1.82, 2.24) is 20.0 Å². The molecule has 2 aromatic heterocycles. The summed E-state index contributed by atoms with van der Waals surface area (Å²) in [5, 5.41) is 6.42. The zero-order valence-electron chi connectivity index (χ0n) is 13.4. The molecule has 1 saturated heterocycles. The van der Waals surface area contributed by atoms with Crippen molar-refractivity contribution in [3.63, 3.8) is 0 Å². The Kier molecular flexibility index (Phi) is 4.04. The Hall–Kier alpha value is -3.36. The standard InChI is InChI=1S/C17H13F2N5O2/c18-12-5-13(19)7-14(6-12)21-17(25)24-8-11(9-24)15-22-16(26-23-15)10-1-3-20-4-2-10/h1-7,11H,8-9H2,(H,21,25). The first kappa shape index (κ1) is 16.1. The SMILES string of the molecule is O=C(Nc1cc(F)cc(F)c1)N1CC(c2noc(-c3ccncc3)n2)C1. The van der Waals surface area contributed by atoms with Gasteiger partial charge in [-0.25, -0.2) is 13.6 Å². The first-order valence-electron chi connectivity index (χ1n) is 7.84.